The number of carboxylic acid groups (broad SMARTS) is 4. The van der Waals surface area contributed by atoms with Gasteiger partial charge in [0.15, 0.2) is 74.6 Å². The predicted molar refractivity (Wildman–Crippen MR) is 405 cm³/mol. The molecule has 1 amide bonds. The van der Waals surface area contributed by atoms with Crippen LogP contribution in [0.5, 0.6) is 0 Å². The average molecular weight is 2250 g/mol. The highest BCUT2D eigenvalue weighted by Crippen LogP contribution is 2.42. The van der Waals surface area contributed by atoms with E-state index in [4.69, 9.17) is 75.8 Å². The lowest BCUT2D eigenvalue weighted by atomic mass is 9.94. The normalized spacial score (nSPS) is 38.5. The maximum absolute atomic E-state index is 13.5. The van der Waals surface area contributed by atoms with Gasteiger partial charge in [0.1, 0.15) is 152 Å². The molecular weight excluding hydrogens is 2160 g/mol. The summed E-state index contributed by atoms with van der Waals surface area (Å²) in [5, 5.41) is 148. The van der Waals surface area contributed by atoms with E-state index in [-0.39, 0.29) is 0 Å². The Bertz CT molecular complexity index is 5600. The maximum Gasteiger partial charge on any atom is 0.397 e. The molecule has 8 aliphatic heterocycles. The number of aliphatic hydroxyl groups is 9. The summed E-state index contributed by atoms with van der Waals surface area (Å²) in [6.45, 7) is -3.14. The van der Waals surface area contributed by atoms with Gasteiger partial charge in [-0.3, -0.25) is 50.3 Å². The first kappa shape index (κ1) is 119. The largest absolute Gasteiger partial charge is 0.479 e. The number of aliphatic carboxylic acids is 4. The number of amides is 1. The summed E-state index contributed by atoms with van der Waals surface area (Å²) in [5.74, 6) is -12.1. The Balaban J connectivity index is 1.15. The van der Waals surface area contributed by atoms with Crippen LogP contribution in [0.25, 0.3) is 0 Å². The number of nitrogens with one attached hydrogen (secondary N) is 4. The fraction of sp³-hybridized carbons (Fsp3) is 0.870. The highest BCUT2D eigenvalue weighted by Gasteiger charge is 2.65. The van der Waals surface area contributed by atoms with Gasteiger partial charge in [-0.2, -0.15) is 98.3 Å². The third-order valence-corrected chi connectivity index (χ3v) is 24.2. The molecule has 8 aliphatic rings. The third kappa shape index (κ3) is 34.1. The van der Waals surface area contributed by atoms with E-state index in [9.17, 15) is 220 Å². The second kappa shape index (κ2) is 45.5. The van der Waals surface area contributed by atoms with Gasteiger partial charge < -0.3 is 147 Å². The molecular formula is C54H86N4O71S10. The fourth-order valence-corrected chi connectivity index (χ4v) is 18.6. The minimum atomic E-state index is -6.56. The fourth-order valence-electron chi connectivity index (χ4n) is 14.1. The standard InChI is InChI=1S/C54H86N4O71S10/c1-10(59)55-17-22(62)29(116-50-21(61)11(60)5-12(111-50)42(69)70)13(6-107-133(86,87)88)112-46(17)120-34-25(65)26(66)51(123-39(34)43(71)72)119-32-16(9-110-136(95,96)97)114-48(20(58-132(83,84)85)33(32)127-137(98,99)100)122-36-28(68)38(129-139(104,105)106)52(125-41(36)45(75)76)117-30-14(7-108-134(89,90)91)113-47(18(23(30)63)56-130(77,78)79)121-35-27(67)37(128-138(101,102)103)53(124-40(35)44(73)74)118-31-15(8-109-135(92,93)94)115-49(126-54(2,3)4)19(24(31)64)57-131(80,81)82/h5,11,13-41,46-53,56-58,60-68H,6-9H2,1-4H3,(H,55,59)(H,69,70)(H,71,72)(H,73,74)(H,75,76)(H,77,78,79)(H,80,81,82)(H,83,84,85)(H,86,87,88)(H,89,90,91)(H,92,93,94)(H,95,96,97)(H,98,99,100)(H,101,102,103)(H,104,105,106)/t11-,13+,14+,15+,16+,17+,18+,19+,20+,21+,22+,23+,24+,25+,26+,27-,28-,29+,30+,31+,32+,33+,34-,35-,36-,37+,38+,39-,40+,41+,46+,47+,48+,49+,50-,51+,52+,53+/m0/s1. The van der Waals surface area contributed by atoms with Gasteiger partial charge in [0.05, 0.1) is 32.0 Å². The van der Waals surface area contributed by atoms with Crippen LogP contribution in [0.2, 0.25) is 0 Å². The molecule has 0 saturated carbocycles. The van der Waals surface area contributed by atoms with E-state index in [1.807, 2.05) is 5.32 Å². The number of hydrogen-bond donors (Lipinski definition) is 27. The average Bonchev–Trinajstić information content (AvgIpc) is 0.802. The Morgan fingerprint density at radius 3 is 0.935 bits per heavy atom. The zero-order valence-corrected chi connectivity index (χ0v) is 77.0. The molecule has 0 aromatic rings. The van der Waals surface area contributed by atoms with Crippen molar-refractivity contribution in [1.29, 1.82) is 0 Å². The van der Waals surface area contributed by atoms with E-state index in [2.05, 4.69) is 29.3 Å². The Morgan fingerprint density at radius 2 is 0.604 bits per heavy atom. The lowest BCUT2D eigenvalue weighted by Crippen LogP contribution is -2.72. The molecule has 0 unspecified atom stereocenters. The lowest BCUT2D eigenvalue weighted by molar-refractivity contribution is -0.378. The number of ether oxygens (including phenoxy) is 16. The van der Waals surface area contributed by atoms with E-state index < -0.39 is 404 Å². The van der Waals surface area contributed by atoms with Crippen molar-refractivity contribution >= 4 is 133 Å². The third-order valence-electron chi connectivity index (χ3n) is 19.3. The molecule has 0 radical (unpaired) electrons. The maximum atomic E-state index is 13.5. The molecule has 7 fully saturated rings. The topological polar surface area (TPSA) is 1150 Å². The van der Waals surface area contributed by atoms with Crippen molar-refractivity contribution in [3.05, 3.63) is 11.8 Å². The number of carbonyl (C=O) groups is 5. The Hall–Kier alpha value is -5.37. The van der Waals surface area contributed by atoms with Gasteiger partial charge in [0.25, 0.3) is 0 Å². The van der Waals surface area contributed by atoms with E-state index >= 15 is 0 Å². The van der Waals surface area contributed by atoms with E-state index in [1.165, 1.54) is 25.5 Å². The molecule has 7 saturated heterocycles. The molecule has 8 heterocycles. The summed E-state index contributed by atoms with van der Waals surface area (Å²) in [6.07, 6.45) is -103. The Morgan fingerprint density at radius 1 is 0.317 bits per heavy atom. The van der Waals surface area contributed by atoms with Crippen LogP contribution >= 0.6 is 0 Å². The highest BCUT2D eigenvalue weighted by atomic mass is 32.3. The van der Waals surface area contributed by atoms with Crippen LogP contribution in [0.1, 0.15) is 27.7 Å². The van der Waals surface area contributed by atoms with Crippen molar-refractivity contribution in [3.63, 3.8) is 0 Å². The van der Waals surface area contributed by atoms with Crippen LogP contribution in [0, 0.1) is 0 Å². The first-order valence-electron chi connectivity index (χ1n) is 37.3. The van der Waals surface area contributed by atoms with Crippen LogP contribution in [-0.2, 0) is 233 Å². The lowest BCUT2D eigenvalue weighted by Gasteiger charge is -2.51. The summed E-state index contributed by atoms with van der Waals surface area (Å²) in [5.41, 5.74) is -1.51. The molecule has 75 nitrogen and oxygen atoms in total. The van der Waals surface area contributed by atoms with Crippen molar-refractivity contribution in [2.45, 2.75) is 266 Å². The molecule has 0 aromatic heterocycles. The van der Waals surface area contributed by atoms with Crippen molar-refractivity contribution in [2.75, 3.05) is 26.4 Å². The van der Waals surface area contributed by atoms with Crippen molar-refractivity contribution in [3.8, 4) is 0 Å². The molecule has 808 valence electrons. The van der Waals surface area contributed by atoms with Gasteiger partial charge in [0, 0.05) is 6.92 Å². The summed E-state index contributed by atoms with van der Waals surface area (Å²) < 4.78 is 470. The molecule has 27 N–H and O–H groups in total. The minimum Gasteiger partial charge on any atom is -0.479 e. The molecule has 0 bridgehead atoms. The first-order chi connectivity index (χ1) is 63.1. The van der Waals surface area contributed by atoms with Gasteiger partial charge in [0.2, 0.25) is 18.0 Å². The smallest absolute Gasteiger partial charge is 0.397 e. The molecule has 139 heavy (non-hydrogen) atoms. The molecule has 0 aliphatic carbocycles. The summed E-state index contributed by atoms with van der Waals surface area (Å²) >= 11 is 0. The van der Waals surface area contributed by atoms with Gasteiger partial charge >= 0.3 is 128 Å². The van der Waals surface area contributed by atoms with Crippen molar-refractivity contribution in [1.82, 2.24) is 19.5 Å². The Kier molecular flexibility index (Phi) is 38.9. The van der Waals surface area contributed by atoms with Crippen molar-refractivity contribution in [2.24, 2.45) is 0 Å². The quantitative estimate of drug-likeness (QED) is 0.0252. The molecule has 0 aromatic carbocycles. The highest BCUT2D eigenvalue weighted by molar-refractivity contribution is 7.84. The van der Waals surface area contributed by atoms with Gasteiger partial charge in [-0.05, 0) is 26.8 Å². The van der Waals surface area contributed by atoms with Crippen molar-refractivity contribution < 1.29 is 325 Å². The van der Waals surface area contributed by atoms with Gasteiger partial charge in [-0.1, -0.05) is 0 Å². The molecule has 38 atom stereocenters. The van der Waals surface area contributed by atoms with Crippen LogP contribution in [0.15, 0.2) is 11.8 Å². The SMILES string of the molecule is CC(=O)N[C@H]1[C@@H](O[C@H]2[C@H](O)[C@@H](O)[C@H](O[C@H]3[C@H](OS(=O)(=O)O)[C@@H](NS(=O)(=O)O)[C@@H](O[C@H]4[C@H](O)[C@@H](OS(=O)(=O)O)[C@H](O[C@H]5[C@H](O)[C@@H](NS(=O)(=O)O)[C@@H](O[C@H]6[C@H](O)[C@@H](OS(=O)(=O)O)[C@H](O[C@H]7[C@H](O)[C@@H](NS(=O)(=O)O)[C@@H](OC(C)(C)C)O[C@@H]7COS(=O)(=O)O)O[C@H]6C(=O)O)O[C@@H]5COS(=O)(=O)O)O[C@H]4C(=O)O)O[C@@H]3COS(=O)(=O)O)O[C@@H]2C(=O)O)O[C@H](COS(=O)(=O)O)[C@@H](O[C@@H]2OC(C(=O)O)=C[C@H](O)[C@H]2O)[C@@H]1O. The van der Waals surface area contributed by atoms with Gasteiger partial charge in [-0.25, -0.2) is 48.5 Å². The monoisotopic (exact) mass is 2250 g/mol. The number of hydrogen-bond acceptors (Lipinski definition) is 57. The summed E-state index contributed by atoms with van der Waals surface area (Å²) in [4.78, 5) is 64.6. The number of carboxylic acids is 4. The number of aliphatic hydroxyl groups excluding tert-OH is 9. The van der Waals surface area contributed by atoms with Crippen LogP contribution in [0.4, 0.5) is 0 Å². The second-order valence-corrected chi connectivity index (χ2v) is 41.6. The summed E-state index contributed by atoms with van der Waals surface area (Å²) in [6, 6.07) is -11.5. The molecule has 85 heteroatoms. The van der Waals surface area contributed by atoms with Gasteiger partial charge in [-0.15, -0.1) is 0 Å². The predicted octanol–water partition coefficient (Wildman–Crippen LogP) is -18.0. The number of rotatable bonds is 44. The van der Waals surface area contributed by atoms with Crippen LogP contribution in [0.3, 0.4) is 0 Å². The summed E-state index contributed by atoms with van der Waals surface area (Å²) in [7, 11) is -61.0. The second-order valence-electron chi connectivity index (χ2n) is 30.5. The first-order valence-corrected chi connectivity index (χ1v) is 51.2. The number of carbonyl (C=O) groups excluding carboxylic acids is 1. The molecule has 0 spiro atoms. The van der Waals surface area contributed by atoms with E-state index in [1.54, 1.807) is 0 Å². The minimum absolute atomic E-state index is 0.430. The zero-order valence-electron chi connectivity index (χ0n) is 68.8. The van der Waals surface area contributed by atoms with E-state index in [0.717, 1.165) is 9.44 Å². The van der Waals surface area contributed by atoms with Crippen LogP contribution in [-0.4, -0.2) is 491 Å². The van der Waals surface area contributed by atoms with E-state index in [0.29, 0.717) is 13.0 Å². The Labute approximate surface area is 778 Å². The zero-order chi connectivity index (χ0) is 106. The van der Waals surface area contributed by atoms with Crippen LogP contribution < -0.4 is 19.5 Å². The molecule has 8 rings (SSSR count).